The van der Waals surface area contributed by atoms with E-state index in [1.165, 1.54) is 25.1 Å². The molecule has 0 unspecified atom stereocenters. The first-order chi connectivity index (χ1) is 21.0. The summed E-state index contributed by atoms with van der Waals surface area (Å²) in [6.45, 7) is 1.48. The Hall–Kier alpha value is -0.480. The molecule has 0 heterocycles. The van der Waals surface area contributed by atoms with Crippen molar-refractivity contribution in [1.82, 2.24) is 0 Å². The summed E-state index contributed by atoms with van der Waals surface area (Å²) in [4.78, 5) is 21.3. The standard InChI is InChI=1S/C25H21N3O14S4.4Na/c1-12-2-3-13(8-19(12)28-25(30)16-5-4-14(26)9-21(16)45(37,38)39)24(29)27-18-6-7-20(44(34,35)36)17-10-15(43(31,32)33)11-22(23(17)18)46(40,41)42;;;;/h2-11H,26H2,1H3,(H,27,29)(H,28,30)(H,31,32,33)(H,34,35,36)(H,37,38,39)(H,40,41,42);;;;/q;4*+1/p-4. The van der Waals surface area contributed by atoms with E-state index in [0.29, 0.717) is 17.7 Å². The van der Waals surface area contributed by atoms with Crippen molar-refractivity contribution in [3.05, 3.63) is 77.4 Å². The van der Waals surface area contributed by atoms with Crippen LogP contribution in [0.3, 0.4) is 0 Å². The van der Waals surface area contributed by atoms with Gasteiger partial charge in [0, 0.05) is 27.7 Å². The van der Waals surface area contributed by atoms with Gasteiger partial charge in [0.15, 0.2) is 0 Å². The second kappa shape index (κ2) is 18.2. The maximum atomic E-state index is 13.3. The van der Waals surface area contributed by atoms with Gasteiger partial charge in [0.25, 0.3) is 11.8 Å². The Kier molecular flexibility index (Phi) is 18.1. The summed E-state index contributed by atoms with van der Waals surface area (Å²) in [6, 6.07) is 8.39. The zero-order valence-corrected chi connectivity index (χ0v) is 38.0. The quantitative estimate of drug-likeness (QED) is 0.0846. The number of nitrogen functional groups attached to an aromatic ring is 1. The number of aryl methyl sites for hydroxylation is 1. The van der Waals surface area contributed by atoms with Crippen LogP contribution in [-0.4, -0.2) is 63.7 Å². The van der Waals surface area contributed by atoms with Gasteiger partial charge < -0.3 is 34.6 Å². The minimum Gasteiger partial charge on any atom is -0.744 e. The van der Waals surface area contributed by atoms with Crippen molar-refractivity contribution in [2.75, 3.05) is 16.4 Å². The minimum absolute atomic E-state index is 0. The number of rotatable bonds is 8. The first-order valence-electron chi connectivity index (χ1n) is 12.1. The molecule has 0 aliphatic rings. The number of nitrogens with one attached hydrogen (secondary N) is 2. The molecule has 0 aliphatic carbocycles. The van der Waals surface area contributed by atoms with Crippen LogP contribution in [0.25, 0.3) is 10.8 Å². The minimum atomic E-state index is -5.69. The fourth-order valence-electron chi connectivity index (χ4n) is 4.27. The second-order valence-electron chi connectivity index (χ2n) is 9.47. The monoisotopic (exact) mass is 803 g/mol. The van der Waals surface area contributed by atoms with Crippen LogP contribution in [0.15, 0.2) is 80.2 Å². The number of nitrogens with two attached hydrogens (primary N) is 1. The third kappa shape index (κ3) is 11.5. The predicted molar refractivity (Wildman–Crippen MR) is 154 cm³/mol. The second-order valence-corrected chi connectivity index (χ2v) is 14.9. The van der Waals surface area contributed by atoms with Gasteiger partial charge in [0.1, 0.15) is 40.5 Å². The molecule has 2 amide bonds. The van der Waals surface area contributed by atoms with Crippen LogP contribution in [0.2, 0.25) is 0 Å². The van der Waals surface area contributed by atoms with Gasteiger partial charge in [0.05, 0.1) is 30.8 Å². The van der Waals surface area contributed by atoms with E-state index in [1.807, 2.05) is 0 Å². The molecule has 0 saturated carbocycles. The van der Waals surface area contributed by atoms with Gasteiger partial charge in [-0.1, -0.05) is 6.07 Å². The summed E-state index contributed by atoms with van der Waals surface area (Å²) in [5.74, 6) is -2.16. The van der Waals surface area contributed by atoms with Gasteiger partial charge in [0.2, 0.25) is 0 Å². The maximum absolute atomic E-state index is 13.3. The SMILES string of the molecule is Cc1ccc(C(=O)Nc2ccc(S(=O)(=O)[O-])c3cc(S(=O)(=O)[O-])cc(S(=O)(=O)[O-])c23)cc1NC(=O)c1ccc(N)cc1S(=O)(=O)[O-].[Na+].[Na+].[Na+].[Na+]. The van der Waals surface area contributed by atoms with Gasteiger partial charge in [-0.15, -0.1) is 0 Å². The van der Waals surface area contributed by atoms with E-state index in [1.54, 1.807) is 0 Å². The number of hydrogen-bond donors (Lipinski definition) is 3. The van der Waals surface area contributed by atoms with Crippen molar-refractivity contribution < 1.29 is 180 Å². The summed E-state index contributed by atoms with van der Waals surface area (Å²) in [5, 5.41) is 2.68. The number of carbonyl (C=O) groups excluding carboxylic acids is 2. The van der Waals surface area contributed by atoms with E-state index in [9.17, 15) is 61.5 Å². The van der Waals surface area contributed by atoms with E-state index in [2.05, 4.69) is 10.6 Å². The molecule has 17 nitrogen and oxygen atoms in total. The van der Waals surface area contributed by atoms with Gasteiger partial charge in [-0.25, -0.2) is 33.7 Å². The smallest absolute Gasteiger partial charge is 0.744 e. The van der Waals surface area contributed by atoms with Crippen molar-refractivity contribution in [2.45, 2.75) is 26.5 Å². The Balaban J connectivity index is 0.00000600. The van der Waals surface area contributed by atoms with Gasteiger partial charge in [-0.05, 0) is 67.1 Å². The van der Waals surface area contributed by atoms with Crippen LogP contribution in [0.5, 0.6) is 0 Å². The van der Waals surface area contributed by atoms with Crippen molar-refractivity contribution in [3.8, 4) is 0 Å². The van der Waals surface area contributed by atoms with Crippen LogP contribution in [0.4, 0.5) is 17.1 Å². The molecule has 4 N–H and O–H groups in total. The maximum Gasteiger partial charge on any atom is 1.00 e. The van der Waals surface area contributed by atoms with Crippen LogP contribution < -0.4 is 135 Å². The van der Waals surface area contributed by atoms with E-state index >= 15 is 0 Å². The molecule has 0 saturated heterocycles. The molecule has 25 heteroatoms. The topological polar surface area (TPSA) is 313 Å². The van der Waals surface area contributed by atoms with Crippen molar-refractivity contribution in [2.24, 2.45) is 0 Å². The molecule has 0 radical (unpaired) electrons. The Morgan fingerprint density at radius 3 is 1.64 bits per heavy atom. The molecule has 0 bridgehead atoms. The normalized spacial score (nSPS) is 11.5. The summed E-state index contributed by atoms with van der Waals surface area (Å²) < 4.78 is 142. The molecule has 0 spiro atoms. The van der Waals surface area contributed by atoms with Crippen molar-refractivity contribution >= 4 is 80.1 Å². The fraction of sp³-hybridized carbons (Fsp3) is 0.0400. The molecule has 0 aromatic heterocycles. The Bertz CT molecular complexity index is 2450. The predicted octanol–water partition coefficient (Wildman–Crippen LogP) is -11.1. The molecule has 0 aliphatic heterocycles. The zero-order chi connectivity index (χ0) is 34.6. The van der Waals surface area contributed by atoms with E-state index in [0.717, 1.165) is 24.3 Å². The Morgan fingerprint density at radius 1 is 0.580 bits per heavy atom. The average molecular weight is 804 g/mol. The Labute approximate surface area is 374 Å². The fourth-order valence-corrected chi connectivity index (χ4v) is 6.99. The molecule has 50 heavy (non-hydrogen) atoms. The molecule has 244 valence electrons. The van der Waals surface area contributed by atoms with Crippen LogP contribution in [0, 0.1) is 6.92 Å². The number of benzene rings is 4. The first-order valence-corrected chi connectivity index (χ1v) is 17.7. The van der Waals surface area contributed by atoms with Crippen molar-refractivity contribution in [1.29, 1.82) is 0 Å². The number of fused-ring (bicyclic) bond motifs is 1. The third-order valence-electron chi connectivity index (χ3n) is 6.36. The zero-order valence-electron chi connectivity index (χ0n) is 26.7. The summed E-state index contributed by atoms with van der Waals surface area (Å²) >= 11 is 0. The van der Waals surface area contributed by atoms with Crippen LogP contribution >= 0.6 is 0 Å². The first kappa shape index (κ1) is 49.5. The number of anilines is 3. The third-order valence-corrected chi connectivity index (χ3v) is 9.80. The molecule has 4 rings (SSSR count). The van der Waals surface area contributed by atoms with Crippen LogP contribution in [-0.2, 0) is 40.5 Å². The molecular weight excluding hydrogens is 787 g/mol. The molecule has 4 aromatic carbocycles. The summed E-state index contributed by atoms with van der Waals surface area (Å²) in [7, 11) is -21.8. The number of carbonyl (C=O) groups is 2. The Morgan fingerprint density at radius 2 is 1.12 bits per heavy atom. The van der Waals surface area contributed by atoms with Crippen molar-refractivity contribution in [3.63, 3.8) is 0 Å². The van der Waals surface area contributed by atoms with Gasteiger partial charge in [-0.2, -0.15) is 0 Å². The average Bonchev–Trinajstić information content (AvgIpc) is 2.91. The largest absolute Gasteiger partial charge is 1.00 e. The molecule has 0 atom stereocenters. The number of amides is 2. The number of hydrogen-bond acceptors (Lipinski definition) is 15. The summed E-state index contributed by atoms with van der Waals surface area (Å²) in [6.07, 6.45) is 0. The van der Waals surface area contributed by atoms with E-state index < -0.39 is 93.9 Å². The van der Waals surface area contributed by atoms with Crippen LogP contribution in [0.1, 0.15) is 26.3 Å². The van der Waals surface area contributed by atoms with Gasteiger partial charge >= 0.3 is 118 Å². The molecular formula is C25H17N3Na4O14S4. The van der Waals surface area contributed by atoms with E-state index in [-0.39, 0.29) is 141 Å². The summed E-state index contributed by atoms with van der Waals surface area (Å²) in [5.41, 5.74) is 4.22. The molecule has 4 aromatic rings. The van der Waals surface area contributed by atoms with Gasteiger partial charge in [-0.3, -0.25) is 9.59 Å². The molecule has 0 fully saturated rings. The van der Waals surface area contributed by atoms with E-state index in [4.69, 9.17) is 5.73 Å².